The molecule has 0 aliphatic heterocycles. The van der Waals surface area contributed by atoms with Crippen LogP contribution in [0.3, 0.4) is 0 Å². The second-order valence-electron chi connectivity index (χ2n) is 3.01. The smallest absolute Gasteiger partial charge is 0.423 e. The van der Waals surface area contributed by atoms with Crippen LogP contribution in [0.1, 0.15) is 11.1 Å². The highest BCUT2D eigenvalue weighted by atomic mass is 16.4. The van der Waals surface area contributed by atoms with Gasteiger partial charge in [-0.25, -0.2) is 0 Å². The minimum Gasteiger partial charge on any atom is -0.423 e. The Labute approximate surface area is 82.9 Å². The Balaban J connectivity index is 3.41. The molecule has 1 aromatic carbocycles. The van der Waals surface area contributed by atoms with Crippen LogP contribution in [0, 0.1) is 18.3 Å². The number of nitrogens with one attached hydrogen (secondary N) is 1. The summed E-state index contributed by atoms with van der Waals surface area (Å²) in [5.74, 6) is 0. The van der Waals surface area contributed by atoms with E-state index in [0.29, 0.717) is 16.7 Å². The largest absolute Gasteiger partial charge is 0.490 e. The molecule has 1 aromatic rings. The summed E-state index contributed by atoms with van der Waals surface area (Å²) in [5.41, 5.74) is 2.02. The zero-order valence-electron chi connectivity index (χ0n) is 8.07. The molecule has 0 aliphatic rings. The van der Waals surface area contributed by atoms with Crippen LogP contribution in [0.2, 0.25) is 0 Å². The van der Waals surface area contributed by atoms with Crippen LogP contribution in [0.15, 0.2) is 12.1 Å². The van der Waals surface area contributed by atoms with Crippen molar-refractivity contribution in [3.63, 3.8) is 0 Å². The van der Waals surface area contributed by atoms with Gasteiger partial charge in [0.25, 0.3) is 0 Å². The lowest BCUT2D eigenvalue weighted by atomic mass is 9.77. The fraction of sp³-hybridized carbons (Fsp3) is 0.222. The Bertz CT molecular complexity index is 385. The zero-order valence-corrected chi connectivity index (χ0v) is 8.07. The van der Waals surface area contributed by atoms with Crippen LogP contribution < -0.4 is 10.8 Å². The summed E-state index contributed by atoms with van der Waals surface area (Å²) in [7, 11) is 0.0710. The molecule has 72 valence electrons. The summed E-state index contributed by atoms with van der Waals surface area (Å²) in [6.45, 7) is 1.80. The molecule has 4 nitrogen and oxygen atoms in total. The number of nitrogens with zero attached hydrogens (tertiary/aromatic N) is 1. The highest BCUT2D eigenvalue weighted by molar-refractivity contribution is 6.60. The number of aryl methyl sites for hydroxylation is 1. The zero-order chi connectivity index (χ0) is 10.7. The van der Waals surface area contributed by atoms with Crippen molar-refractivity contribution in [2.45, 2.75) is 6.92 Å². The molecule has 0 fully saturated rings. The summed E-state index contributed by atoms with van der Waals surface area (Å²) in [6, 6.07) is 5.33. The number of hydrogen-bond donors (Lipinski definition) is 3. The van der Waals surface area contributed by atoms with Crippen molar-refractivity contribution in [2.24, 2.45) is 0 Å². The van der Waals surface area contributed by atoms with Crippen molar-refractivity contribution in [3.05, 3.63) is 23.3 Å². The van der Waals surface area contributed by atoms with Crippen LogP contribution in [0.4, 0.5) is 5.69 Å². The third-order valence-corrected chi connectivity index (χ3v) is 1.96. The first-order valence-corrected chi connectivity index (χ1v) is 4.18. The van der Waals surface area contributed by atoms with E-state index >= 15 is 0 Å². The molecule has 0 saturated heterocycles. The molecule has 0 amide bonds. The third kappa shape index (κ3) is 1.87. The fourth-order valence-electron chi connectivity index (χ4n) is 1.39. The van der Waals surface area contributed by atoms with Gasteiger partial charge >= 0.3 is 7.12 Å². The van der Waals surface area contributed by atoms with E-state index in [-0.39, 0.29) is 0 Å². The van der Waals surface area contributed by atoms with E-state index in [1.807, 2.05) is 6.07 Å². The van der Waals surface area contributed by atoms with E-state index in [0.717, 1.165) is 5.56 Å². The van der Waals surface area contributed by atoms with E-state index in [9.17, 15) is 0 Å². The van der Waals surface area contributed by atoms with Gasteiger partial charge in [-0.15, -0.1) is 0 Å². The fourth-order valence-corrected chi connectivity index (χ4v) is 1.39. The molecule has 0 atom stereocenters. The standard InChI is InChI=1S/C9H11BN2O2/c1-6-3-7(5-11)9(12-2)8(4-6)10(13)14/h3-4,12-14H,1-2H3. The Hall–Kier alpha value is -1.51. The topological polar surface area (TPSA) is 76.3 Å². The minimum atomic E-state index is -1.57. The van der Waals surface area contributed by atoms with Gasteiger partial charge in [-0.05, 0) is 13.0 Å². The molecule has 0 saturated carbocycles. The molecule has 0 spiro atoms. The Kier molecular flexibility index (Phi) is 3.12. The van der Waals surface area contributed by atoms with Gasteiger partial charge in [-0.2, -0.15) is 5.26 Å². The SMILES string of the molecule is CNc1c(C#N)cc(C)cc1B(O)O. The highest BCUT2D eigenvalue weighted by Crippen LogP contribution is 2.13. The molecule has 1 rings (SSSR count). The Morgan fingerprint density at radius 2 is 2.07 bits per heavy atom. The third-order valence-electron chi connectivity index (χ3n) is 1.96. The summed E-state index contributed by atoms with van der Waals surface area (Å²) in [5, 5.41) is 29.8. The summed E-state index contributed by atoms with van der Waals surface area (Å²) >= 11 is 0. The average Bonchev–Trinajstić information content (AvgIpc) is 2.16. The first kappa shape index (κ1) is 10.6. The lowest BCUT2D eigenvalue weighted by molar-refractivity contribution is 0.426. The van der Waals surface area contributed by atoms with Crippen LogP contribution >= 0.6 is 0 Å². The predicted molar refractivity (Wildman–Crippen MR) is 55.3 cm³/mol. The molecule has 0 bridgehead atoms. The van der Waals surface area contributed by atoms with Crippen molar-refractivity contribution < 1.29 is 10.0 Å². The average molecular weight is 190 g/mol. The second-order valence-corrected chi connectivity index (χ2v) is 3.01. The summed E-state index contributed by atoms with van der Waals surface area (Å²) < 4.78 is 0. The van der Waals surface area contributed by atoms with Gasteiger partial charge in [0, 0.05) is 12.5 Å². The molecule has 0 unspecified atom stereocenters. The summed E-state index contributed by atoms with van der Waals surface area (Å²) in [6.07, 6.45) is 0. The normalized spacial score (nSPS) is 9.36. The lowest BCUT2D eigenvalue weighted by Crippen LogP contribution is -2.33. The van der Waals surface area contributed by atoms with Gasteiger partial charge in [0.05, 0.1) is 11.3 Å². The molecule has 0 aliphatic carbocycles. The van der Waals surface area contributed by atoms with Crippen molar-refractivity contribution in [1.82, 2.24) is 0 Å². The molecule has 0 radical (unpaired) electrons. The molecule has 14 heavy (non-hydrogen) atoms. The van der Waals surface area contributed by atoms with Gasteiger partial charge in [-0.3, -0.25) is 0 Å². The highest BCUT2D eigenvalue weighted by Gasteiger charge is 2.18. The van der Waals surface area contributed by atoms with Gasteiger partial charge in [0.1, 0.15) is 6.07 Å². The number of rotatable bonds is 2. The minimum absolute atomic E-state index is 0.323. The van der Waals surface area contributed by atoms with Crippen LogP contribution in [-0.2, 0) is 0 Å². The van der Waals surface area contributed by atoms with Crippen molar-refractivity contribution in [3.8, 4) is 6.07 Å². The molecular formula is C9H11BN2O2. The van der Waals surface area contributed by atoms with Crippen molar-refractivity contribution in [2.75, 3.05) is 12.4 Å². The van der Waals surface area contributed by atoms with Crippen LogP contribution in [0.25, 0.3) is 0 Å². The molecule has 0 aromatic heterocycles. The van der Waals surface area contributed by atoms with E-state index < -0.39 is 7.12 Å². The van der Waals surface area contributed by atoms with E-state index in [1.54, 1.807) is 26.1 Å². The quantitative estimate of drug-likeness (QED) is 0.554. The second kappa shape index (κ2) is 4.14. The number of benzene rings is 1. The monoisotopic (exact) mass is 190 g/mol. The first-order chi connectivity index (χ1) is 6.60. The van der Waals surface area contributed by atoms with Gasteiger partial charge < -0.3 is 15.4 Å². The Morgan fingerprint density at radius 3 is 2.50 bits per heavy atom. The Morgan fingerprint density at radius 1 is 1.43 bits per heavy atom. The van der Waals surface area contributed by atoms with Gasteiger partial charge in [0.15, 0.2) is 0 Å². The van der Waals surface area contributed by atoms with Gasteiger partial charge in [-0.1, -0.05) is 11.6 Å². The maximum absolute atomic E-state index is 9.09. The van der Waals surface area contributed by atoms with E-state index in [4.69, 9.17) is 15.3 Å². The number of hydrogen-bond acceptors (Lipinski definition) is 4. The maximum atomic E-state index is 9.09. The van der Waals surface area contributed by atoms with Crippen LogP contribution in [-0.4, -0.2) is 24.2 Å². The predicted octanol–water partition coefficient (Wildman–Crippen LogP) is -0.412. The van der Waals surface area contributed by atoms with Crippen molar-refractivity contribution in [1.29, 1.82) is 5.26 Å². The van der Waals surface area contributed by atoms with Gasteiger partial charge in [0.2, 0.25) is 0 Å². The molecule has 3 N–H and O–H groups in total. The van der Waals surface area contributed by atoms with Crippen molar-refractivity contribution >= 4 is 18.3 Å². The first-order valence-electron chi connectivity index (χ1n) is 4.18. The number of nitriles is 1. The van der Waals surface area contributed by atoms with E-state index in [2.05, 4.69) is 5.32 Å². The summed E-state index contributed by atoms with van der Waals surface area (Å²) in [4.78, 5) is 0. The lowest BCUT2D eigenvalue weighted by Gasteiger charge is -2.11. The molecule has 5 heteroatoms. The molecule has 0 heterocycles. The van der Waals surface area contributed by atoms with E-state index in [1.165, 1.54) is 0 Å². The number of anilines is 1. The molecular weight excluding hydrogens is 179 g/mol. The maximum Gasteiger partial charge on any atom is 0.490 e. The van der Waals surface area contributed by atoms with Crippen LogP contribution in [0.5, 0.6) is 0 Å².